The first-order valence-electron chi connectivity index (χ1n) is 5.58. The summed E-state index contributed by atoms with van der Waals surface area (Å²) < 4.78 is 5.74. The van der Waals surface area contributed by atoms with E-state index in [1.54, 1.807) is 32.0 Å². The molecule has 0 fully saturated rings. The van der Waals surface area contributed by atoms with Gasteiger partial charge >= 0.3 is 5.97 Å². The standard InChI is InChI=1S/C13H14Br2O3/c1-3-18-12(16)7-9-6-10(15)4-5-11(9)13(17)8(2)14/h4-6,8H,3,7H2,1-2H3. The Morgan fingerprint density at radius 3 is 2.61 bits per heavy atom. The van der Waals surface area contributed by atoms with E-state index >= 15 is 0 Å². The van der Waals surface area contributed by atoms with E-state index in [1.165, 1.54) is 0 Å². The first kappa shape index (κ1) is 15.4. The maximum absolute atomic E-state index is 12.0. The molecule has 0 aliphatic heterocycles. The van der Waals surface area contributed by atoms with Crippen molar-refractivity contribution in [2.24, 2.45) is 0 Å². The summed E-state index contributed by atoms with van der Waals surface area (Å²) in [5.74, 6) is -0.367. The van der Waals surface area contributed by atoms with Crippen LogP contribution in [0.15, 0.2) is 22.7 Å². The van der Waals surface area contributed by atoms with Gasteiger partial charge in [-0.15, -0.1) is 0 Å². The molecule has 0 saturated carbocycles. The van der Waals surface area contributed by atoms with Crippen LogP contribution in [0, 0.1) is 0 Å². The predicted octanol–water partition coefficient (Wildman–Crippen LogP) is 3.52. The molecule has 0 saturated heterocycles. The third-order valence-electron chi connectivity index (χ3n) is 2.33. The summed E-state index contributed by atoms with van der Waals surface area (Å²) in [7, 11) is 0. The number of carbonyl (C=O) groups is 2. The van der Waals surface area contributed by atoms with Crippen molar-refractivity contribution in [1.29, 1.82) is 0 Å². The number of halogens is 2. The second kappa shape index (κ2) is 7.04. The lowest BCUT2D eigenvalue weighted by molar-refractivity contribution is -0.142. The molecule has 98 valence electrons. The molecule has 18 heavy (non-hydrogen) atoms. The number of rotatable bonds is 5. The fraction of sp³-hybridized carbons (Fsp3) is 0.385. The van der Waals surface area contributed by atoms with Gasteiger partial charge in [-0.3, -0.25) is 9.59 Å². The summed E-state index contributed by atoms with van der Waals surface area (Å²) in [6.45, 7) is 3.86. The number of ether oxygens (including phenoxy) is 1. The van der Waals surface area contributed by atoms with E-state index in [0.29, 0.717) is 17.7 Å². The maximum atomic E-state index is 12.0. The fourth-order valence-electron chi connectivity index (χ4n) is 1.53. The van der Waals surface area contributed by atoms with Crippen LogP contribution in [0.1, 0.15) is 29.8 Å². The van der Waals surface area contributed by atoms with Crippen LogP contribution in [0.2, 0.25) is 0 Å². The van der Waals surface area contributed by atoms with E-state index in [2.05, 4.69) is 31.9 Å². The molecule has 0 spiro atoms. The fourth-order valence-corrected chi connectivity index (χ4v) is 2.19. The molecular weight excluding hydrogens is 364 g/mol. The van der Waals surface area contributed by atoms with Gasteiger partial charge < -0.3 is 4.74 Å². The predicted molar refractivity (Wildman–Crippen MR) is 77.2 cm³/mol. The second-order valence-corrected chi connectivity index (χ2v) is 6.05. The smallest absolute Gasteiger partial charge is 0.310 e. The minimum absolute atomic E-state index is 0.0400. The van der Waals surface area contributed by atoms with Gasteiger partial charge in [0.25, 0.3) is 0 Å². The summed E-state index contributed by atoms with van der Waals surface area (Å²) >= 11 is 6.58. The molecule has 3 nitrogen and oxygen atoms in total. The van der Waals surface area contributed by atoms with Crippen molar-refractivity contribution in [2.45, 2.75) is 25.1 Å². The van der Waals surface area contributed by atoms with Crippen molar-refractivity contribution in [3.8, 4) is 0 Å². The van der Waals surface area contributed by atoms with Crippen molar-refractivity contribution >= 4 is 43.6 Å². The summed E-state index contributed by atoms with van der Waals surface area (Å²) in [4.78, 5) is 23.2. The van der Waals surface area contributed by atoms with E-state index in [4.69, 9.17) is 4.74 Å². The molecule has 0 radical (unpaired) electrons. The number of hydrogen-bond donors (Lipinski definition) is 0. The van der Waals surface area contributed by atoms with Crippen LogP contribution in [0.4, 0.5) is 0 Å². The highest BCUT2D eigenvalue weighted by Crippen LogP contribution is 2.20. The lowest BCUT2D eigenvalue weighted by Gasteiger charge is -2.10. The Labute approximate surface area is 123 Å². The number of carbonyl (C=O) groups excluding carboxylic acids is 2. The van der Waals surface area contributed by atoms with Gasteiger partial charge in [0.05, 0.1) is 17.9 Å². The van der Waals surface area contributed by atoms with Crippen LogP contribution in [-0.4, -0.2) is 23.2 Å². The molecule has 1 atom stereocenters. The first-order chi connectivity index (χ1) is 8.45. The molecule has 0 aliphatic rings. The van der Waals surface area contributed by atoms with Crippen LogP contribution in [0.3, 0.4) is 0 Å². The SMILES string of the molecule is CCOC(=O)Cc1cc(Br)ccc1C(=O)C(C)Br. The highest BCUT2D eigenvalue weighted by molar-refractivity contribution is 9.10. The number of Topliss-reactive ketones (excluding diaryl/α,β-unsaturated/α-hetero) is 1. The first-order valence-corrected chi connectivity index (χ1v) is 7.29. The maximum Gasteiger partial charge on any atom is 0.310 e. The summed E-state index contributed by atoms with van der Waals surface area (Å²) in [5.41, 5.74) is 1.23. The zero-order chi connectivity index (χ0) is 13.7. The third-order valence-corrected chi connectivity index (χ3v) is 3.24. The third kappa shape index (κ3) is 4.21. The molecule has 0 N–H and O–H groups in total. The van der Waals surface area contributed by atoms with E-state index in [0.717, 1.165) is 4.47 Å². The molecule has 1 rings (SSSR count). The molecule has 1 aromatic carbocycles. The van der Waals surface area contributed by atoms with Gasteiger partial charge in [0.1, 0.15) is 0 Å². The molecule has 0 aliphatic carbocycles. The largest absolute Gasteiger partial charge is 0.466 e. The lowest BCUT2D eigenvalue weighted by atomic mass is 10.00. The van der Waals surface area contributed by atoms with Gasteiger partial charge in [-0.25, -0.2) is 0 Å². The summed E-state index contributed by atoms with van der Waals surface area (Å²) in [6, 6.07) is 5.29. The van der Waals surface area contributed by atoms with Crippen molar-refractivity contribution in [2.75, 3.05) is 6.61 Å². The average molecular weight is 378 g/mol. The van der Waals surface area contributed by atoms with Crippen LogP contribution in [0.25, 0.3) is 0 Å². The monoisotopic (exact) mass is 376 g/mol. The summed E-state index contributed by atoms with van der Waals surface area (Å²) in [5, 5.41) is 0. The Balaban J connectivity index is 3.04. The van der Waals surface area contributed by atoms with Gasteiger partial charge in [0, 0.05) is 10.0 Å². The van der Waals surface area contributed by atoms with Gasteiger partial charge in [-0.1, -0.05) is 31.9 Å². The molecule has 5 heteroatoms. The second-order valence-electron chi connectivity index (χ2n) is 3.76. The van der Waals surface area contributed by atoms with Crippen LogP contribution in [-0.2, 0) is 16.0 Å². The van der Waals surface area contributed by atoms with Crippen molar-refractivity contribution < 1.29 is 14.3 Å². The minimum atomic E-state index is -0.327. The Morgan fingerprint density at radius 1 is 1.39 bits per heavy atom. The van der Waals surface area contributed by atoms with Gasteiger partial charge in [0.15, 0.2) is 5.78 Å². The number of ketones is 1. The van der Waals surface area contributed by atoms with Gasteiger partial charge in [-0.2, -0.15) is 0 Å². The highest BCUT2D eigenvalue weighted by Gasteiger charge is 2.18. The Bertz CT molecular complexity index is 456. The zero-order valence-electron chi connectivity index (χ0n) is 10.2. The van der Waals surface area contributed by atoms with E-state index in [1.807, 2.05) is 0 Å². The number of benzene rings is 1. The number of hydrogen-bond acceptors (Lipinski definition) is 3. The van der Waals surface area contributed by atoms with Gasteiger partial charge in [0.2, 0.25) is 0 Å². The van der Waals surface area contributed by atoms with E-state index < -0.39 is 0 Å². The molecule has 0 heterocycles. The van der Waals surface area contributed by atoms with Gasteiger partial charge in [-0.05, 0) is 37.6 Å². The minimum Gasteiger partial charge on any atom is -0.466 e. The zero-order valence-corrected chi connectivity index (χ0v) is 13.4. The molecule has 0 bridgehead atoms. The van der Waals surface area contributed by atoms with E-state index in [9.17, 15) is 9.59 Å². The lowest BCUT2D eigenvalue weighted by Crippen LogP contribution is -2.16. The number of alkyl halides is 1. The Kier molecular flexibility index (Phi) is 6.02. The number of esters is 1. The van der Waals surface area contributed by atoms with Crippen LogP contribution in [0.5, 0.6) is 0 Å². The Hall–Kier alpha value is -0.680. The quantitative estimate of drug-likeness (QED) is 0.448. The highest BCUT2D eigenvalue weighted by atomic mass is 79.9. The Morgan fingerprint density at radius 2 is 2.06 bits per heavy atom. The summed E-state index contributed by atoms with van der Waals surface area (Å²) in [6.07, 6.45) is 0.105. The molecule has 0 aromatic heterocycles. The van der Waals surface area contributed by atoms with Crippen molar-refractivity contribution in [3.05, 3.63) is 33.8 Å². The van der Waals surface area contributed by atoms with Crippen molar-refractivity contribution in [1.82, 2.24) is 0 Å². The van der Waals surface area contributed by atoms with Crippen LogP contribution < -0.4 is 0 Å². The molecular formula is C13H14Br2O3. The molecule has 1 unspecified atom stereocenters. The average Bonchev–Trinajstić information content (AvgIpc) is 2.28. The topological polar surface area (TPSA) is 43.4 Å². The van der Waals surface area contributed by atoms with E-state index in [-0.39, 0.29) is 23.0 Å². The normalized spacial score (nSPS) is 12.0. The molecule has 0 amide bonds. The van der Waals surface area contributed by atoms with Crippen molar-refractivity contribution in [3.63, 3.8) is 0 Å². The van der Waals surface area contributed by atoms with Crippen LogP contribution >= 0.6 is 31.9 Å². The molecule has 1 aromatic rings.